The number of halogens is 4. The number of hydrogen-bond acceptors (Lipinski definition) is 4. The maximum absolute atomic E-state index is 6.45. The number of hydrogen-bond donors (Lipinski definition) is 1. The Morgan fingerprint density at radius 1 is 1.00 bits per heavy atom. The minimum absolute atomic E-state index is 0. The van der Waals surface area contributed by atoms with Crippen LogP contribution in [-0.4, -0.2) is 38.2 Å². The maximum atomic E-state index is 6.45. The van der Waals surface area contributed by atoms with Crippen molar-refractivity contribution in [2.24, 2.45) is 0 Å². The second-order valence-electron chi connectivity index (χ2n) is 6.19. The lowest BCUT2D eigenvalue weighted by Gasteiger charge is -2.18. The monoisotopic (exact) mass is 482 g/mol. The number of likely N-dealkylation sites (N-methyl/N-ethyl adjacent to an activating group) is 1. The molecule has 2 aromatic rings. The lowest BCUT2D eigenvalue weighted by molar-refractivity contribution is 0.284. The summed E-state index contributed by atoms with van der Waals surface area (Å²) in [4.78, 5) is 2.38. The molecule has 0 aromatic heterocycles. The molecule has 8 heteroatoms. The van der Waals surface area contributed by atoms with Gasteiger partial charge < -0.3 is 19.7 Å². The first-order valence-corrected chi connectivity index (χ1v) is 10.00. The zero-order valence-corrected chi connectivity index (χ0v) is 20.2. The summed E-state index contributed by atoms with van der Waals surface area (Å²) in [5.41, 5.74) is 1.96. The molecule has 4 nitrogen and oxygen atoms in total. The van der Waals surface area contributed by atoms with E-state index in [0.717, 1.165) is 43.9 Å². The van der Waals surface area contributed by atoms with Gasteiger partial charge in [-0.25, -0.2) is 0 Å². The molecule has 0 amide bonds. The summed E-state index contributed by atoms with van der Waals surface area (Å²) >= 11 is 12.6. The standard InChI is InChI=1S/C21H28Cl2N2O2.2ClH/c1-4-25(5-2)11-10-24-14-16-12-19(23)21(20(13-16)26-3)27-15-17-8-6-7-9-18(17)22;;/h6-9,12-13,24H,4-5,10-11,14-15H2,1-3H3;2*1H. The van der Waals surface area contributed by atoms with Crippen molar-refractivity contribution >= 4 is 48.0 Å². The van der Waals surface area contributed by atoms with Crippen LogP contribution >= 0.6 is 48.0 Å². The van der Waals surface area contributed by atoms with E-state index in [1.807, 2.05) is 36.4 Å². The van der Waals surface area contributed by atoms with E-state index in [2.05, 4.69) is 24.1 Å². The largest absolute Gasteiger partial charge is 0.493 e. The van der Waals surface area contributed by atoms with Crippen LogP contribution in [0.3, 0.4) is 0 Å². The van der Waals surface area contributed by atoms with Crippen LogP contribution in [0.1, 0.15) is 25.0 Å². The predicted octanol–water partition coefficient (Wildman–Crippen LogP) is 5.86. The van der Waals surface area contributed by atoms with E-state index in [1.54, 1.807) is 7.11 Å². The average molecular weight is 484 g/mol. The predicted molar refractivity (Wildman–Crippen MR) is 128 cm³/mol. The summed E-state index contributed by atoms with van der Waals surface area (Å²) in [7, 11) is 1.62. The van der Waals surface area contributed by atoms with Crippen molar-refractivity contribution in [2.45, 2.75) is 27.0 Å². The Kier molecular flexibility index (Phi) is 14.5. The minimum atomic E-state index is 0. The van der Waals surface area contributed by atoms with Gasteiger partial charge in [0.15, 0.2) is 11.5 Å². The van der Waals surface area contributed by atoms with E-state index < -0.39 is 0 Å². The molecule has 0 saturated carbocycles. The summed E-state index contributed by atoms with van der Waals surface area (Å²) in [6.07, 6.45) is 0. The molecule has 0 heterocycles. The third kappa shape index (κ3) is 8.79. The summed E-state index contributed by atoms with van der Waals surface area (Å²) in [6, 6.07) is 11.5. The molecule has 0 spiro atoms. The zero-order chi connectivity index (χ0) is 19.6. The Morgan fingerprint density at radius 3 is 2.31 bits per heavy atom. The summed E-state index contributed by atoms with van der Waals surface area (Å²) in [5.74, 6) is 1.15. The topological polar surface area (TPSA) is 33.7 Å². The van der Waals surface area contributed by atoms with Gasteiger partial charge >= 0.3 is 0 Å². The lowest BCUT2D eigenvalue weighted by atomic mass is 10.2. The smallest absolute Gasteiger partial charge is 0.180 e. The van der Waals surface area contributed by atoms with Crippen LogP contribution in [0.5, 0.6) is 11.5 Å². The molecule has 164 valence electrons. The van der Waals surface area contributed by atoms with Crippen molar-refractivity contribution in [1.82, 2.24) is 10.2 Å². The second kappa shape index (κ2) is 15.0. The third-order valence-corrected chi connectivity index (χ3v) is 5.10. The van der Waals surface area contributed by atoms with Crippen LogP contribution in [0.2, 0.25) is 10.0 Å². The molecule has 0 atom stereocenters. The molecule has 0 aliphatic heterocycles. The highest BCUT2D eigenvalue weighted by Crippen LogP contribution is 2.37. The molecule has 29 heavy (non-hydrogen) atoms. The van der Waals surface area contributed by atoms with Crippen molar-refractivity contribution in [2.75, 3.05) is 33.3 Å². The number of methoxy groups -OCH3 is 1. The summed E-state index contributed by atoms with van der Waals surface area (Å²) in [5, 5.41) is 4.65. The molecular weight excluding hydrogens is 454 g/mol. The fourth-order valence-electron chi connectivity index (χ4n) is 2.79. The third-order valence-electron chi connectivity index (χ3n) is 4.45. The maximum Gasteiger partial charge on any atom is 0.180 e. The van der Waals surface area contributed by atoms with Crippen molar-refractivity contribution < 1.29 is 9.47 Å². The van der Waals surface area contributed by atoms with E-state index in [1.165, 1.54) is 0 Å². The first kappa shape index (κ1) is 28.1. The Bertz CT molecular complexity index is 728. The van der Waals surface area contributed by atoms with E-state index in [-0.39, 0.29) is 24.8 Å². The number of ether oxygens (including phenoxy) is 2. The molecule has 0 unspecified atom stereocenters. The highest BCUT2D eigenvalue weighted by molar-refractivity contribution is 6.32. The van der Waals surface area contributed by atoms with Gasteiger partial charge in [-0.2, -0.15) is 0 Å². The molecule has 0 bridgehead atoms. The molecule has 2 aromatic carbocycles. The Labute approximate surface area is 196 Å². The number of benzene rings is 2. The second-order valence-corrected chi connectivity index (χ2v) is 7.01. The molecule has 2 rings (SSSR count). The number of nitrogens with one attached hydrogen (secondary N) is 1. The van der Waals surface area contributed by atoms with Gasteiger partial charge in [0.25, 0.3) is 0 Å². The van der Waals surface area contributed by atoms with Gasteiger partial charge in [0.05, 0.1) is 12.1 Å². The van der Waals surface area contributed by atoms with Crippen molar-refractivity contribution in [3.05, 3.63) is 57.6 Å². The first-order valence-electron chi connectivity index (χ1n) is 9.24. The molecule has 0 fully saturated rings. The van der Waals surface area contributed by atoms with Gasteiger partial charge in [-0.1, -0.05) is 55.2 Å². The van der Waals surface area contributed by atoms with Gasteiger partial charge in [-0.3, -0.25) is 0 Å². The quantitative estimate of drug-likeness (QED) is 0.406. The SMILES string of the molecule is CCN(CC)CCNCc1cc(Cl)c(OCc2ccccc2Cl)c(OC)c1.Cl.Cl. The highest BCUT2D eigenvalue weighted by atomic mass is 35.5. The Morgan fingerprint density at radius 2 is 1.69 bits per heavy atom. The number of nitrogens with zero attached hydrogens (tertiary/aromatic N) is 1. The van der Waals surface area contributed by atoms with Gasteiger partial charge in [-0.05, 0) is 36.9 Å². The van der Waals surface area contributed by atoms with Gasteiger partial charge in [0, 0.05) is 30.2 Å². The van der Waals surface area contributed by atoms with E-state index in [4.69, 9.17) is 32.7 Å². The normalized spacial score (nSPS) is 10.3. The van der Waals surface area contributed by atoms with Crippen molar-refractivity contribution in [3.63, 3.8) is 0 Å². The number of rotatable bonds is 11. The van der Waals surface area contributed by atoms with E-state index in [0.29, 0.717) is 28.2 Å². The molecule has 1 N–H and O–H groups in total. The van der Waals surface area contributed by atoms with Crippen LogP contribution in [0.4, 0.5) is 0 Å². The summed E-state index contributed by atoms with van der Waals surface area (Å²) in [6.45, 7) is 9.48. The molecule has 0 aliphatic rings. The average Bonchev–Trinajstić information content (AvgIpc) is 2.68. The minimum Gasteiger partial charge on any atom is -0.493 e. The van der Waals surface area contributed by atoms with Gasteiger partial charge in [0.1, 0.15) is 6.61 Å². The first-order chi connectivity index (χ1) is 13.1. The Balaban J connectivity index is 0.00000392. The molecule has 0 radical (unpaired) electrons. The molecule has 0 saturated heterocycles. The lowest BCUT2D eigenvalue weighted by Crippen LogP contribution is -2.31. The van der Waals surface area contributed by atoms with Crippen LogP contribution in [0.25, 0.3) is 0 Å². The van der Waals surface area contributed by atoms with Gasteiger partial charge in [-0.15, -0.1) is 24.8 Å². The highest BCUT2D eigenvalue weighted by Gasteiger charge is 2.13. The molecule has 0 aliphatic carbocycles. The van der Waals surface area contributed by atoms with Crippen LogP contribution in [0, 0.1) is 0 Å². The van der Waals surface area contributed by atoms with E-state index in [9.17, 15) is 0 Å². The fourth-order valence-corrected chi connectivity index (χ4v) is 3.27. The van der Waals surface area contributed by atoms with Gasteiger partial charge in [0.2, 0.25) is 0 Å². The van der Waals surface area contributed by atoms with E-state index >= 15 is 0 Å². The van der Waals surface area contributed by atoms with Crippen LogP contribution in [0.15, 0.2) is 36.4 Å². The van der Waals surface area contributed by atoms with Crippen molar-refractivity contribution in [1.29, 1.82) is 0 Å². The fraction of sp³-hybridized carbons (Fsp3) is 0.429. The zero-order valence-electron chi connectivity index (χ0n) is 17.0. The van der Waals surface area contributed by atoms with Crippen molar-refractivity contribution in [3.8, 4) is 11.5 Å². The van der Waals surface area contributed by atoms with Crippen LogP contribution < -0.4 is 14.8 Å². The summed E-state index contributed by atoms with van der Waals surface area (Å²) < 4.78 is 11.4. The Hall–Kier alpha value is -0.880. The molecular formula is C21H30Cl4N2O2. The van der Waals surface area contributed by atoms with Crippen LogP contribution in [-0.2, 0) is 13.2 Å².